The van der Waals surface area contributed by atoms with Crippen LogP contribution in [0.1, 0.15) is 90.4 Å². The largest absolute Gasteiger partial charge is 0.370 e. The zero-order valence-corrected chi connectivity index (χ0v) is 16.0. The first-order chi connectivity index (χ1) is 11.9. The highest BCUT2D eigenvalue weighted by atomic mass is 15.3. The average Bonchev–Trinajstić information content (AvgIpc) is 3.03. The number of allylic oxidation sites excluding steroid dienone is 2. The number of hydrogen-bond donors (Lipinski definition) is 2. The summed E-state index contributed by atoms with van der Waals surface area (Å²) < 4.78 is 0. The minimum atomic E-state index is 0.478. The molecule has 0 bridgehead atoms. The highest BCUT2D eigenvalue weighted by Crippen LogP contribution is 2.14. The molecule has 0 fully saturated rings. The van der Waals surface area contributed by atoms with Crippen molar-refractivity contribution in [3.63, 3.8) is 0 Å². The summed E-state index contributed by atoms with van der Waals surface area (Å²) in [6.45, 7) is 3.97. The minimum Gasteiger partial charge on any atom is -0.370 e. The molecule has 1 aliphatic heterocycles. The fourth-order valence-electron chi connectivity index (χ4n) is 3.31. The molecule has 0 aliphatic carbocycles. The predicted octanol–water partition coefficient (Wildman–Crippen LogP) is 5.30. The van der Waals surface area contributed by atoms with E-state index in [4.69, 9.17) is 5.73 Å². The SMILES string of the molecule is CCCCCCCC/C=C/CCCCCCC1NC=CN1CCN. The van der Waals surface area contributed by atoms with Gasteiger partial charge in [-0.2, -0.15) is 0 Å². The molecule has 0 aromatic rings. The van der Waals surface area contributed by atoms with E-state index >= 15 is 0 Å². The Morgan fingerprint density at radius 3 is 2.21 bits per heavy atom. The van der Waals surface area contributed by atoms with Crippen LogP contribution in [-0.2, 0) is 0 Å². The van der Waals surface area contributed by atoms with E-state index in [-0.39, 0.29) is 0 Å². The monoisotopic (exact) mass is 335 g/mol. The summed E-state index contributed by atoms with van der Waals surface area (Å²) in [4.78, 5) is 2.32. The van der Waals surface area contributed by atoms with Crippen LogP contribution < -0.4 is 11.1 Å². The third-order valence-corrected chi connectivity index (χ3v) is 4.83. The Kier molecular flexibility index (Phi) is 13.7. The lowest BCUT2D eigenvalue weighted by Gasteiger charge is -2.25. The van der Waals surface area contributed by atoms with Crippen molar-refractivity contribution in [1.29, 1.82) is 0 Å². The number of rotatable bonds is 16. The molecule has 0 aromatic heterocycles. The van der Waals surface area contributed by atoms with Crippen molar-refractivity contribution in [3.8, 4) is 0 Å². The maximum Gasteiger partial charge on any atom is 0.0981 e. The first kappa shape index (κ1) is 21.1. The van der Waals surface area contributed by atoms with E-state index in [1.54, 1.807) is 0 Å². The molecule has 1 unspecified atom stereocenters. The quantitative estimate of drug-likeness (QED) is 0.297. The zero-order chi connectivity index (χ0) is 17.3. The number of nitrogens with one attached hydrogen (secondary N) is 1. The van der Waals surface area contributed by atoms with Gasteiger partial charge >= 0.3 is 0 Å². The number of unbranched alkanes of at least 4 members (excludes halogenated alkanes) is 10. The van der Waals surface area contributed by atoms with Crippen LogP contribution in [0.3, 0.4) is 0 Å². The van der Waals surface area contributed by atoms with Crippen LogP contribution in [0.15, 0.2) is 24.6 Å². The van der Waals surface area contributed by atoms with E-state index < -0.39 is 0 Å². The lowest BCUT2D eigenvalue weighted by atomic mass is 10.1. The van der Waals surface area contributed by atoms with E-state index in [1.807, 2.05) is 0 Å². The summed E-state index contributed by atoms with van der Waals surface area (Å²) in [7, 11) is 0. The zero-order valence-electron chi connectivity index (χ0n) is 16.0. The molecule has 3 N–H and O–H groups in total. The fourth-order valence-corrected chi connectivity index (χ4v) is 3.31. The standard InChI is InChI=1S/C21H41N3/c1-2-3-4-5-6-7-8-9-10-11-12-13-14-15-16-21-23-18-20-24(21)19-17-22/h9-10,18,20-21,23H,2-8,11-17,19,22H2,1H3/b10-9+. The molecule has 3 nitrogen and oxygen atoms in total. The number of nitrogens with zero attached hydrogens (tertiary/aromatic N) is 1. The van der Waals surface area contributed by atoms with Gasteiger partial charge in [-0.25, -0.2) is 0 Å². The summed E-state index contributed by atoms with van der Waals surface area (Å²) in [5.41, 5.74) is 5.64. The average molecular weight is 336 g/mol. The summed E-state index contributed by atoms with van der Waals surface area (Å²) in [5, 5.41) is 3.42. The van der Waals surface area contributed by atoms with Gasteiger partial charge in [0.1, 0.15) is 0 Å². The van der Waals surface area contributed by atoms with Gasteiger partial charge in [0.2, 0.25) is 0 Å². The first-order valence-corrected chi connectivity index (χ1v) is 10.4. The van der Waals surface area contributed by atoms with Crippen molar-refractivity contribution in [2.45, 2.75) is 96.6 Å². The fraction of sp³-hybridized carbons (Fsp3) is 0.810. The molecule has 0 spiro atoms. The molecule has 1 aliphatic rings. The van der Waals surface area contributed by atoms with Crippen LogP contribution in [0.5, 0.6) is 0 Å². The first-order valence-electron chi connectivity index (χ1n) is 10.4. The van der Waals surface area contributed by atoms with Gasteiger partial charge in [0.05, 0.1) is 6.17 Å². The summed E-state index contributed by atoms with van der Waals surface area (Å²) >= 11 is 0. The normalized spacial score (nSPS) is 17.1. The molecule has 140 valence electrons. The van der Waals surface area contributed by atoms with E-state index in [9.17, 15) is 0 Å². The van der Waals surface area contributed by atoms with Crippen molar-refractivity contribution in [1.82, 2.24) is 10.2 Å². The summed E-state index contributed by atoms with van der Waals surface area (Å²) in [6, 6.07) is 0. The summed E-state index contributed by atoms with van der Waals surface area (Å²) in [6.07, 6.45) is 27.0. The Bertz CT molecular complexity index is 325. The maximum absolute atomic E-state index is 5.64. The molecule has 1 heterocycles. The van der Waals surface area contributed by atoms with Gasteiger partial charge in [0.25, 0.3) is 0 Å². The molecule has 1 rings (SSSR count). The lowest BCUT2D eigenvalue weighted by Crippen LogP contribution is -2.37. The number of hydrogen-bond acceptors (Lipinski definition) is 3. The van der Waals surface area contributed by atoms with Crippen LogP contribution in [-0.4, -0.2) is 24.2 Å². The highest BCUT2D eigenvalue weighted by molar-refractivity contribution is 4.94. The molecule has 0 amide bonds. The molecular formula is C21H41N3. The van der Waals surface area contributed by atoms with E-state index in [0.29, 0.717) is 6.17 Å². The third-order valence-electron chi connectivity index (χ3n) is 4.83. The van der Waals surface area contributed by atoms with Crippen LogP contribution >= 0.6 is 0 Å². The molecule has 0 saturated heterocycles. The number of nitrogens with two attached hydrogens (primary N) is 1. The van der Waals surface area contributed by atoms with Crippen LogP contribution in [0.4, 0.5) is 0 Å². The van der Waals surface area contributed by atoms with Crippen LogP contribution in [0, 0.1) is 0 Å². The van der Waals surface area contributed by atoms with Crippen LogP contribution in [0.25, 0.3) is 0 Å². The van der Waals surface area contributed by atoms with Crippen molar-refractivity contribution in [2.75, 3.05) is 13.1 Å². The van der Waals surface area contributed by atoms with Gasteiger partial charge in [-0.1, -0.05) is 64.0 Å². The molecule has 0 saturated carbocycles. The van der Waals surface area contributed by atoms with E-state index in [0.717, 1.165) is 13.1 Å². The van der Waals surface area contributed by atoms with Gasteiger partial charge in [-0.05, 0) is 38.5 Å². The van der Waals surface area contributed by atoms with E-state index in [1.165, 1.54) is 83.5 Å². The molecule has 0 aromatic carbocycles. The van der Waals surface area contributed by atoms with Crippen molar-refractivity contribution < 1.29 is 0 Å². The molecule has 0 radical (unpaired) electrons. The lowest BCUT2D eigenvalue weighted by molar-refractivity contribution is 0.264. The molecule has 3 heteroatoms. The van der Waals surface area contributed by atoms with Gasteiger partial charge in [-0.15, -0.1) is 0 Å². The topological polar surface area (TPSA) is 41.3 Å². The Balaban J connectivity index is 1.82. The Labute approximate surface area is 150 Å². The van der Waals surface area contributed by atoms with Gasteiger partial charge in [-0.3, -0.25) is 0 Å². The van der Waals surface area contributed by atoms with E-state index in [2.05, 4.69) is 41.7 Å². The van der Waals surface area contributed by atoms with Crippen LogP contribution in [0.2, 0.25) is 0 Å². The highest BCUT2D eigenvalue weighted by Gasteiger charge is 2.16. The van der Waals surface area contributed by atoms with Crippen molar-refractivity contribution in [3.05, 3.63) is 24.6 Å². The summed E-state index contributed by atoms with van der Waals surface area (Å²) in [5.74, 6) is 0. The third kappa shape index (κ3) is 10.7. The Hall–Kier alpha value is -0.960. The molecular weight excluding hydrogens is 294 g/mol. The van der Waals surface area contributed by atoms with Gasteiger partial charge in [0, 0.05) is 25.5 Å². The minimum absolute atomic E-state index is 0.478. The predicted molar refractivity (Wildman–Crippen MR) is 107 cm³/mol. The van der Waals surface area contributed by atoms with Crippen molar-refractivity contribution in [2.24, 2.45) is 5.73 Å². The van der Waals surface area contributed by atoms with Crippen molar-refractivity contribution >= 4 is 0 Å². The van der Waals surface area contributed by atoms with Gasteiger partial charge in [0.15, 0.2) is 0 Å². The molecule has 24 heavy (non-hydrogen) atoms. The maximum atomic E-state index is 5.64. The second-order valence-electron chi connectivity index (χ2n) is 7.04. The Morgan fingerprint density at radius 1 is 0.917 bits per heavy atom. The second kappa shape index (κ2) is 15.6. The Morgan fingerprint density at radius 2 is 1.54 bits per heavy atom. The molecule has 1 atom stereocenters. The smallest absolute Gasteiger partial charge is 0.0981 e. The van der Waals surface area contributed by atoms with Gasteiger partial charge < -0.3 is 16.0 Å². The second-order valence-corrected chi connectivity index (χ2v) is 7.04.